The SMILES string of the molecule is CC(C)C(C)(C)SC(=NC1CCC(O)CC1)NC=O. The van der Waals surface area contributed by atoms with Crippen LogP contribution in [0.3, 0.4) is 0 Å². The molecule has 1 rings (SSSR count). The average Bonchev–Trinajstić information content (AvgIpc) is 2.31. The van der Waals surface area contributed by atoms with Gasteiger partial charge in [-0.25, -0.2) is 0 Å². The summed E-state index contributed by atoms with van der Waals surface area (Å²) in [5.74, 6) is 0.490. The number of aliphatic hydroxyl groups excluding tert-OH is 1. The maximum atomic E-state index is 10.7. The van der Waals surface area contributed by atoms with Gasteiger partial charge in [-0.05, 0) is 45.4 Å². The highest BCUT2D eigenvalue weighted by Crippen LogP contribution is 2.33. The van der Waals surface area contributed by atoms with Crippen LogP contribution in [-0.2, 0) is 4.79 Å². The average molecular weight is 286 g/mol. The van der Waals surface area contributed by atoms with Gasteiger partial charge in [0.1, 0.15) is 0 Å². The predicted molar refractivity (Wildman–Crippen MR) is 81.4 cm³/mol. The van der Waals surface area contributed by atoms with Crippen LogP contribution in [-0.4, -0.2) is 33.6 Å². The zero-order valence-corrected chi connectivity index (χ0v) is 13.2. The van der Waals surface area contributed by atoms with Crippen LogP contribution in [0.1, 0.15) is 53.4 Å². The lowest BCUT2D eigenvalue weighted by Gasteiger charge is -2.29. The van der Waals surface area contributed by atoms with Gasteiger partial charge < -0.3 is 10.4 Å². The van der Waals surface area contributed by atoms with Crippen molar-refractivity contribution in [2.75, 3.05) is 0 Å². The first-order chi connectivity index (χ1) is 8.85. The first-order valence-corrected chi connectivity index (χ1v) is 7.82. The molecule has 0 radical (unpaired) electrons. The van der Waals surface area contributed by atoms with Crippen LogP contribution >= 0.6 is 11.8 Å². The molecule has 0 spiro atoms. The molecule has 0 saturated heterocycles. The van der Waals surface area contributed by atoms with Gasteiger partial charge in [0.2, 0.25) is 6.41 Å². The Morgan fingerprint density at radius 3 is 2.42 bits per heavy atom. The number of aliphatic hydroxyl groups is 1. The first-order valence-electron chi connectivity index (χ1n) is 7.00. The third-order valence-electron chi connectivity index (χ3n) is 3.90. The van der Waals surface area contributed by atoms with Crippen molar-refractivity contribution in [3.05, 3.63) is 0 Å². The highest BCUT2D eigenvalue weighted by atomic mass is 32.2. The van der Waals surface area contributed by atoms with E-state index in [4.69, 9.17) is 0 Å². The lowest BCUT2D eigenvalue weighted by molar-refractivity contribution is -0.108. The molecular weight excluding hydrogens is 260 g/mol. The Kier molecular flexibility index (Phi) is 6.33. The van der Waals surface area contributed by atoms with Crippen molar-refractivity contribution in [3.8, 4) is 0 Å². The fourth-order valence-electron chi connectivity index (χ4n) is 1.86. The Bertz CT molecular complexity index is 321. The third-order valence-corrected chi connectivity index (χ3v) is 5.31. The number of thioether (sulfide) groups is 1. The van der Waals surface area contributed by atoms with Crippen molar-refractivity contribution < 1.29 is 9.90 Å². The normalized spacial score (nSPS) is 25.5. The summed E-state index contributed by atoms with van der Waals surface area (Å²) in [5.41, 5.74) is 0. The molecule has 0 aromatic heterocycles. The van der Waals surface area contributed by atoms with Crippen LogP contribution in [0.15, 0.2) is 4.99 Å². The number of aliphatic imine (C=N–C) groups is 1. The third kappa shape index (κ3) is 5.53. The molecule has 0 heterocycles. The van der Waals surface area contributed by atoms with Crippen LogP contribution < -0.4 is 5.32 Å². The molecule has 0 unspecified atom stereocenters. The van der Waals surface area contributed by atoms with Gasteiger partial charge in [-0.1, -0.05) is 25.6 Å². The van der Waals surface area contributed by atoms with E-state index in [1.807, 2.05) is 0 Å². The largest absolute Gasteiger partial charge is 0.393 e. The molecule has 1 fully saturated rings. The summed E-state index contributed by atoms with van der Waals surface area (Å²) in [7, 11) is 0. The minimum absolute atomic E-state index is 0.0308. The molecule has 1 amide bonds. The molecule has 1 aliphatic rings. The van der Waals surface area contributed by atoms with E-state index in [2.05, 4.69) is 38.0 Å². The molecule has 1 aliphatic carbocycles. The molecule has 0 aromatic rings. The number of hydrogen-bond acceptors (Lipinski definition) is 4. The van der Waals surface area contributed by atoms with Gasteiger partial charge >= 0.3 is 0 Å². The molecule has 110 valence electrons. The summed E-state index contributed by atoms with van der Waals surface area (Å²) in [6.45, 7) is 8.66. The van der Waals surface area contributed by atoms with Crippen molar-refractivity contribution in [2.45, 2.75) is 70.3 Å². The van der Waals surface area contributed by atoms with Gasteiger partial charge in [-0.3, -0.25) is 9.79 Å². The van der Waals surface area contributed by atoms with Gasteiger partial charge in [-0.15, -0.1) is 0 Å². The van der Waals surface area contributed by atoms with E-state index in [9.17, 15) is 9.90 Å². The van der Waals surface area contributed by atoms with Gasteiger partial charge in [0.05, 0.1) is 12.1 Å². The van der Waals surface area contributed by atoms with Crippen LogP contribution in [0.25, 0.3) is 0 Å². The van der Waals surface area contributed by atoms with Crippen molar-refractivity contribution in [2.24, 2.45) is 10.9 Å². The molecule has 0 aliphatic heterocycles. The maximum absolute atomic E-state index is 10.7. The second-order valence-electron chi connectivity index (χ2n) is 6.02. The topological polar surface area (TPSA) is 61.7 Å². The second-order valence-corrected chi connectivity index (χ2v) is 7.66. The van der Waals surface area contributed by atoms with E-state index in [1.54, 1.807) is 11.8 Å². The molecule has 5 heteroatoms. The number of amides is 1. The standard InChI is InChI=1S/C14H26N2O2S/c1-10(2)14(3,4)19-13(15-9-17)16-11-5-7-12(18)8-6-11/h9-12,18H,5-8H2,1-4H3,(H,15,16,17). The summed E-state index contributed by atoms with van der Waals surface area (Å²) in [5, 5.41) is 12.9. The van der Waals surface area contributed by atoms with E-state index in [-0.39, 0.29) is 16.9 Å². The fraction of sp³-hybridized carbons (Fsp3) is 0.857. The minimum Gasteiger partial charge on any atom is -0.393 e. The number of carbonyl (C=O) groups excluding carboxylic acids is 1. The fourth-order valence-corrected chi connectivity index (χ4v) is 2.91. The van der Waals surface area contributed by atoms with Crippen molar-refractivity contribution in [1.29, 1.82) is 0 Å². The zero-order valence-electron chi connectivity index (χ0n) is 12.3. The summed E-state index contributed by atoms with van der Waals surface area (Å²) in [6, 6.07) is 0.223. The quantitative estimate of drug-likeness (QED) is 0.474. The summed E-state index contributed by atoms with van der Waals surface area (Å²) in [6.07, 6.45) is 3.93. The number of carbonyl (C=O) groups is 1. The van der Waals surface area contributed by atoms with Gasteiger partial charge in [0.15, 0.2) is 5.17 Å². The molecule has 0 atom stereocenters. The highest BCUT2D eigenvalue weighted by molar-refractivity contribution is 8.15. The number of amidine groups is 1. The van der Waals surface area contributed by atoms with Gasteiger partial charge in [-0.2, -0.15) is 0 Å². The van der Waals surface area contributed by atoms with Crippen molar-refractivity contribution in [1.82, 2.24) is 5.32 Å². The Hall–Kier alpha value is -0.550. The van der Waals surface area contributed by atoms with Gasteiger partial charge in [0.25, 0.3) is 0 Å². The lowest BCUT2D eigenvalue weighted by atomic mass is 9.94. The van der Waals surface area contributed by atoms with E-state index >= 15 is 0 Å². The number of nitrogens with zero attached hydrogens (tertiary/aromatic N) is 1. The Balaban J connectivity index is 2.68. The summed E-state index contributed by atoms with van der Waals surface area (Å²) < 4.78 is 0.0308. The maximum Gasteiger partial charge on any atom is 0.213 e. The number of rotatable bonds is 4. The smallest absolute Gasteiger partial charge is 0.213 e. The van der Waals surface area contributed by atoms with E-state index in [0.29, 0.717) is 17.5 Å². The Morgan fingerprint density at radius 1 is 1.37 bits per heavy atom. The van der Waals surface area contributed by atoms with E-state index in [0.717, 1.165) is 25.7 Å². The molecule has 1 saturated carbocycles. The van der Waals surface area contributed by atoms with Crippen LogP contribution in [0.2, 0.25) is 0 Å². The summed E-state index contributed by atoms with van der Waals surface area (Å²) >= 11 is 1.62. The Morgan fingerprint density at radius 2 is 1.95 bits per heavy atom. The molecule has 2 N–H and O–H groups in total. The van der Waals surface area contributed by atoms with Crippen LogP contribution in [0.4, 0.5) is 0 Å². The predicted octanol–water partition coefficient (Wildman–Crippen LogP) is 2.56. The minimum atomic E-state index is -0.173. The Labute approximate surface area is 120 Å². The highest BCUT2D eigenvalue weighted by Gasteiger charge is 2.27. The van der Waals surface area contributed by atoms with E-state index in [1.165, 1.54) is 0 Å². The molecular formula is C14H26N2O2S. The van der Waals surface area contributed by atoms with Gasteiger partial charge in [0, 0.05) is 4.75 Å². The van der Waals surface area contributed by atoms with E-state index < -0.39 is 0 Å². The lowest BCUT2D eigenvalue weighted by Crippen LogP contribution is -2.31. The van der Waals surface area contributed by atoms with Crippen molar-refractivity contribution >= 4 is 23.3 Å². The number of nitrogens with one attached hydrogen (secondary N) is 1. The molecule has 0 aromatic carbocycles. The molecule has 0 bridgehead atoms. The number of hydrogen-bond donors (Lipinski definition) is 2. The first kappa shape index (κ1) is 16.5. The van der Waals surface area contributed by atoms with Crippen LogP contribution in [0.5, 0.6) is 0 Å². The monoisotopic (exact) mass is 286 g/mol. The molecule has 4 nitrogen and oxygen atoms in total. The molecule has 19 heavy (non-hydrogen) atoms. The van der Waals surface area contributed by atoms with Crippen LogP contribution in [0, 0.1) is 5.92 Å². The zero-order chi connectivity index (χ0) is 14.5. The van der Waals surface area contributed by atoms with Crippen molar-refractivity contribution in [3.63, 3.8) is 0 Å². The second kappa shape index (κ2) is 7.29. The summed E-state index contributed by atoms with van der Waals surface area (Å²) in [4.78, 5) is 15.4.